The lowest BCUT2D eigenvalue weighted by Gasteiger charge is -2.24. The molecule has 0 atom stereocenters. The lowest BCUT2D eigenvalue weighted by atomic mass is 9.98. The molecule has 23 heavy (non-hydrogen) atoms. The van der Waals surface area contributed by atoms with E-state index in [0.717, 1.165) is 0 Å². The van der Waals surface area contributed by atoms with Crippen LogP contribution in [0.25, 0.3) is 11.2 Å². The molecule has 0 aliphatic heterocycles. The number of aliphatic carboxylic acids is 1. The minimum Gasteiger partial charge on any atom is -0.481 e. The first kappa shape index (κ1) is 16.5. The van der Waals surface area contributed by atoms with Crippen LogP contribution in [0.15, 0.2) is 28.7 Å². The zero-order chi connectivity index (χ0) is 17.4. The van der Waals surface area contributed by atoms with Gasteiger partial charge in [0.05, 0.1) is 0 Å². The molecular formula is C16H16O7. The van der Waals surface area contributed by atoms with Crippen LogP contribution in [0.4, 0.5) is 0 Å². The van der Waals surface area contributed by atoms with E-state index >= 15 is 0 Å². The van der Waals surface area contributed by atoms with E-state index in [1.54, 1.807) is 19.9 Å². The maximum Gasteiger partial charge on any atom is 0.338 e. The van der Waals surface area contributed by atoms with Crippen molar-refractivity contribution >= 4 is 29.1 Å². The summed E-state index contributed by atoms with van der Waals surface area (Å²) in [5.41, 5.74) is 0.446. The average Bonchev–Trinajstić information content (AvgIpc) is 2.96. The van der Waals surface area contributed by atoms with Gasteiger partial charge in [-0.2, -0.15) is 0 Å². The van der Waals surface area contributed by atoms with Gasteiger partial charge in [0, 0.05) is 17.2 Å². The van der Waals surface area contributed by atoms with E-state index in [1.165, 1.54) is 13.0 Å². The lowest BCUT2D eigenvalue weighted by Crippen LogP contribution is -2.26. The third-order valence-corrected chi connectivity index (χ3v) is 3.13. The molecule has 0 amide bonds. The number of rotatable bonds is 6. The van der Waals surface area contributed by atoms with Crippen molar-refractivity contribution in [3.63, 3.8) is 0 Å². The average molecular weight is 320 g/mol. The fourth-order valence-electron chi connectivity index (χ4n) is 2.06. The molecular weight excluding hydrogens is 304 g/mol. The van der Waals surface area contributed by atoms with Gasteiger partial charge in [-0.1, -0.05) is 6.58 Å². The van der Waals surface area contributed by atoms with Crippen molar-refractivity contribution < 1.29 is 33.4 Å². The fourth-order valence-corrected chi connectivity index (χ4v) is 2.06. The van der Waals surface area contributed by atoms with Crippen molar-refractivity contribution in [1.82, 2.24) is 0 Å². The third-order valence-electron chi connectivity index (χ3n) is 3.13. The number of carboxylic acid groups (broad SMARTS) is 1. The van der Waals surface area contributed by atoms with Crippen LogP contribution < -0.4 is 4.74 Å². The molecule has 0 aromatic carbocycles. The van der Waals surface area contributed by atoms with Crippen LogP contribution >= 0.6 is 0 Å². The van der Waals surface area contributed by atoms with Crippen molar-refractivity contribution in [2.45, 2.75) is 32.8 Å². The summed E-state index contributed by atoms with van der Waals surface area (Å²) in [6, 6.07) is 3.10. The Bertz CT molecular complexity index is 781. The van der Waals surface area contributed by atoms with Crippen LogP contribution in [0.2, 0.25) is 0 Å². The van der Waals surface area contributed by atoms with Gasteiger partial charge in [0.25, 0.3) is 0 Å². The second-order valence-electron chi connectivity index (χ2n) is 5.62. The van der Waals surface area contributed by atoms with Gasteiger partial charge in [0.15, 0.2) is 11.3 Å². The van der Waals surface area contributed by atoms with E-state index in [-0.39, 0.29) is 11.3 Å². The van der Waals surface area contributed by atoms with Gasteiger partial charge in [-0.15, -0.1) is 0 Å². The largest absolute Gasteiger partial charge is 0.481 e. The second kappa shape index (κ2) is 5.75. The number of hydrogen-bond acceptors (Lipinski definition) is 6. The Morgan fingerprint density at radius 3 is 2.39 bits per heavy atom. The molecule has 2 aromatic heterocycles. The van der Waals surface area contributed by atoms with Crippen molar-refractivity contribution in [2.24, 2.45) is 0 Å². The molecule has 0 saturated carbocycles. The van der Waals surface area contributed by atoms with E-state index in [0.29, 0.717) is 16.7 Å². The number of ether oxygens (including phenoxy) is 2. The Hall–Kier alpha value is -2.83. The molecule has 1 N–H and O–H groups in total. The van der Waals surface area contributed by atoms with E-state index in [2.05, 4.69) is 6.58 Å². The molecule has 2 heterocycles. The molecule has 7 heteroatoms. The summed E-state index contributed by atoms with van der Waals surface area (Å²) in [5.74, 6) is -2.43. The molecule has 0 aliphatic carbocycles. The monoisotopic (exact) mass is 320 g/mol. The van der Waals surface area contributed by atoms with Gasteiger partial charge >= 0.3 is 17.9 Å². The minimum absolute atomic E-state index is 0.254. The summed E-state index contributed by atoms with van der Waals surface area (Å²) in [6.45, 7) is 8.25. The molecule has 0 saturated heterocycles. The zero-order valence-corrected chi connectivity index (χ0v) is 13.0. The molecule has 2 aromatic rings. The van der Waals surface area contributed by atoms with Gasteiger partial charge in [-0.05, 0) is 26.8 Å². The number of carbonyl (C=O) groups is 3. The van der Waals surface area contributed by atoms with Crippen LogP contribution in [0.1, 0.15) is 32.8 Å². The fraction of sp³-hybridized carbons (Fsp3) is 0.312. The maximum absolute atomic E-state index is 11.5. The van der Waals surface area contributed by atoms with Gasteiger partial charge in [0.1, 0.15) is 17.6 Å². The Balaban J connectivity index is 2.19. The Labute approximate surface area is 131 Å². The summed E-state index contributed by atoms with van der Waals surface area (Å²) in [5, 5.41) is 8.60. The smallest absolute Gasteiger partial charge is 0.338 e. The Morgan fingerprint density at radius 1 is 1.26 bits per heavy atom. The van der Waals surface area contributed by atoms with Gasteiger partial charge < -0.3 is 19.0 Å². The summed E-state index contributed by atoms with van der Waals surface area (Å²) >= 11 is 0. The normalized spacial score (nSPS) is 11.4. The van der Waals surface area contributed by atoms with Gasteiger partial charge in [-0.25, -0.2) is 4.79 Å². The standard InChI is InChI=1S/C16H16O7/c1-8(2)15(20)22-12-6-10-9(5-11(12)21-10)16(3,4)23-14(19)7-13(17)18/h5-6H,1,7H2,2-4H3,(H,17,18). The highest BCUT2D eigenvalue weighted by Gasteiger charge is 2.32. The molecule has 122 valence electrons. The van der Waals surface area contributed by atoms with Gasteiger partial charge in [0.2, 0.25) is 0 Å². The van der Waals surface area contributed by atoms with E-state index in [1.807, 2.05) is 0 Å². The minimum atomic E-state index is -1.26. The number of furan rings is 2. The molecule has 0 spiro atoms. The number of carboxylic acids is 1. The number of hydrogen-bond donors (Lipinski definition) is 1. The Morgan fingerprint density at radius 2 is 1.91 bits per heavy atom. The molecule has 0 aliphatic rings. The number of carbonyl (C=O) groups excluding carboxylic acids is 2. The van der Waals surface area contributed by atoms with E-state index < -0.39 is 29.9 Å². The molecule has 2 rings (SSSR count). The predicted molar refractivity (Wildman–Crippen MR) is 79.2 cm³/mol. The first-order valence-corrected chi connectivity index (χ1v) is 6.78. The van der Waals surface area contributed by atoms with Crippen LogP contribution in [0.3, 0.4) is 0 Å². The van der Waals surface area contributed by atoms with E-state index in [9.17, 15) is 14.4 Å². The molecule has 7 nitrogen and oxygen atoms in total. The van der Waals surface area contributed by atoms with Crippen molar-refractivity contribution in [1.29, 1.82) is 0 Å². The molecule has 0 radical (unpaired) electrons. The maximum atomic E-state index is 11.5. The lowest BCUT2D eigenvalue weighted by molar-refractivity contribution is -0.161. The summed E-state index contributed by atoms with van der Waals surface area (Å²) < 4.78 is 15.8. The van der Waals surface area contributed by atoms with Crippen molar-refractivity contribution in [3.05, 3.63) is 29.8 Å². The van der Waals surface area contributed by atoms with Gasteiger partial charge in [-0.3, -0.25) is 9.59 Å². The topological polar surface area (TPSA) is 103 Å². The number of benzene rings is 1. The number of fused-ring (bicyclic) bond motifs is 2. The van der Waals surface area contributed by atoms with Crippen LogP contribution in [0, 0.1) is 0 Å². The third kappa shape index (κ3) is 3.50. The molecule has 2 bridgehead atoms. The highest BCUT2D eigenvalue weighted by atomic mass is 16.6. The van der Waals surface area contributed by atoms with Crippen LogP contribution in [-0.4, -0.2) is 23.0 Å². The predicted octanol–water partition coefficient (Wildman–Crippen LogP) is 2.61. The highest BCUT2D eigenvalue weighted by molar-refractivity contribution is 5.91. The summed E-state index contributed by atoms with van der Waals surface area (Å²) in [4.78, 5) is 33.6. The van der Waals surface area contributed by atoms with Crippen molar-refractivity contribution in [2.75, 3.05) is 0 Å². The van der Waals surface area contributed by atoms with Crippen molar-refractivity contribution in [3.8, 4) is 5.75 Å². The molecule has 0 fully saturated rings. The molecule has 0 unspecified atom stereocenters. The first-order chi connectivity index (χ1) is 10.6. The summed E-state index contributed by atoms with van der Waals surface area (Å²) in [7, 11) is 0. The first-order valence-electron chi connectivity index (χ1n) is 6.78. The van der Waals surface area contributed by atoms with Crippen LogP contribution in [0.5, 0.6) is 5.75 Å². The zero-order valence-electron chi connectivity index (χ0n) is 13.0. The quantitative estimate of drug-likeness (QED) is 0.377. The number of esters is 2. The highest BCUT2D eigenvalue weighted by Crippen LogP contribution is 2.39. The van der Waals surface area contributed by atoms with Crippen LogP contribution in [-0.2, 0) is 24.7 Å². The summed E-state index contributed by atoms with van der Waals surface area (Å²) in [6.07, 6.45) is -0.721. The second-order valence-corrected chi connectivity index (χ2v) is 5.62. The van der Waals surface area contributed by atoms with E-state index in [4.69, 9.17) is 19.0 Å². The SMILES string of the molecule is C=C(C)C(=O)Oc1cc2oc1cc2C(C)(C)OC(=O)CC(=O)O. The Kier molecular flexibility index (Phi) is 4.14.